The Morgan fingerprint density at radius 2 is 1.53 bits per heavy atom. The maximum Gasteiger partial charge on any atom is 0.327 e. The van der Waals surface area contributed by atoms with E-state index in [1.165, 1.54) is 12.1 Å². The first kappa shape index (κ1) is 13.3. The lowest BCUT2D eigenvalue weighted by Gasteiger charge is -2.33. The highest BCUT2D eigenvalue weighted by Gasteiger charge is 2.47. The number of imide groups is 1. The number of benzene rings is 1. The summed E-state index contributed by atoms with van der Waals surface area (Å²) >= 11 is 0. The highest BCUT2D eigenvalue weighted by atomic mass is 16.4. The van der Waals surface area contributed by atoms with Gasteiger partial charge in [0.15, 0.2) is 0 Å². The van der Waals surface area contributed by atoms with E-state index in [1.54, 1.807) is 32.9 Å². The highest BCUT2D eigenvalue weighted by molar-refractivity contribution is 6.22. The number of nitrogens with zero attached hydrogens (tertiary/aromatic N) is 1. The molecule has 1 aromatic carbocycles. The SMILES string of the molecule is CC(C)(C)[C@@H](C(=O)O)N1C(=O)c2ccccc2C1=O. The molecule has 1 N–H and O–H groups in total. The fourth-order valence-corrected chi connectivity index (χ4v) is 2.31. The Bertz CT molecular complexity index is 536. The third-order valence-electron chi connectivity index (χ3n) is 3.14. The van der Waals surface area contributed by atoms with E-state index in [0.29, 0.717) is 0 Å². The quantitative estimate of drug-likeness (QED) is 0.823. The van der Waals surface area contributed by atoms with Crippen LogP contribution in [0.4, 0.5) is 0 Å². The minimum absolute atomic E-state index is 0.267. The lowest BCUT2D eigenvalue weighted by molar-refractivity contribution is -0.145. The fourth-order valence-electron chi connectivity index (χ4n) is 2.31. The first-order chi connectivity index (χ1) is 8.75. The second-order valence-corrected chi connectivity index (χ2v) is 5.63. The van der Waals surface area contributed by atoms with Crippen molar-refractivity contribution < 1.29 is 19.5 Å². The van der Waals surface area contributed by atoms with Crippen LogP contribution < -0.4 is 0 Å². The van der Waals surface area contributed by atoms with Crippen LogP contribution in [0.25, 0.3) is 0 Å². The standard InChI is InChI=1S/C14H15NO4/c1-14(2,3)10(13(18)19)15-11(16)8-6-4-5-7-9(8)12(15)17/h4-7,10H,1-3H3,(H,18,19)/t10-/m1/s1. The van der Waals surface area contributed by atoms with E-state index in [2.05, 4.69) is 0 Å². The summed E-state index contributed by atoms with van der Waals surface area (Å²) in [6.07, 6.45) is 0. The van der Waals surface area contributed by atoms with Gasteiger partial charge in [-0.1, -0.05) is 32.9 Å². The molecular formula is C14H15NO4. The summed E-state index contributed by atoms with van der Waals surface area (Å²) in [5.74, 6) is -2.26. The van der Waals surface area contributed by atoms with Crippen molar-refractivity contribution in [2.45, 2.75) is 26.8 Å². The third kappa shape index (κ3) is 2.01. The number of carbonyl (C=O) groups excluding carboxylic acids is 2. The van der Waals surface area contributed by atoms with Crippen molar-refractivity contribution in [2.75, 3.05) is 0 Å². The van der Waals surface area contributed by atoms with Crippen LogP contribution in [0.3, 0.4) is 0 Å². The van der Waals surface area contributed by atoms with Crippen molar-refractivity contribution in [3.05, 3.63) is 35.4 Å². The zero-order valence-electron chi connectivity index (χ0n) is 11.0. The summed E-state index contributed by atoms with van der Waals surface area (Å²) in [5.41, 5.74) is -0.204. The molecule has 1 atom stereocenters. The van der Waals surface area contributed by atoms with Crippen molar-refractivity contribution in [1.82, 2.24) is 4.90 Å². The molecular weight excluding hydrogens is 246 g/mol. The molecule has 2 amide bonds. The number of carboxylic acid groups (broad SMARTS) is 1. The molecule has 1 aromatic rings. The minimum atomic E-state index is -1.18. The molecule has 1 aliphatic rings. The van der Waals surface area contributed by atoms with Gasteiger partial charge in [-0.2, -0.15) is 0 Å². The van der Waals surface area contributed by atoms with Gasteiger partial charge in [0.1, 0.15) is 6.04 Å². The molecule has 1 aliphatic heterocycles. The predicted molar refractivity (Wildman–Crippen MR) is 67.8 cm³/mol. The van der Waals surface area contributed by atoms with E-state index in [9.17, 15) is 19.5 Å². The molecule has 1 heterocycles. The Morgan fingerprint density at radius 3 is 1.84 bits per heavy atom. The molecule has 0 aromatic heterocycles. The Hall–Kier alpha value is -2.17. The third-order valence-corrected chi connectivity index (χ3v) is 3.14. The highest BCUT2D eigenvalue weighted by Crippen LogP contribution is 2.32. The summed E-state index contributed by atoms with van der Waals surface area (Å²) in [5, 5.41) is 9.34. The van der Waals surface area contributed by atoms with E-state index in [0.717, 1.165) is 4.90 Å². The molecule has 0 fully saturated rings. The van der Waals surface area contributed by atoms with E-state index >= 15 is 0 Å². The molecule has 5 nitrogen and oxygen atoms in total. The zero-order chi connectivity index (χ0) is 14.4. The van der Waals surface area contributed by atoms with E-state index in [1.807, 2.05) is 0 Å². The Balaban J connectivity index is 2.52. The molecule has 0 saturated heterocycles. The first-order valence-electron chi connectivity index (χ1n) is 5.95. The van der Waals surface area contributed by atoms with Crippen LogP contribution in [0.1, 0.15) is 41.5 Å². The molecule has 0 radical (unpaired) electrons. The number of hydrogen-bond donors (Lipinski definition) is 1. The van der Waals surface area contributed by atoms with Gasteiger partial charge in [0.05, 0.1) is 11.1 Å². The van der Waals surface area contributed by atoms with Gasteiger partial charge in [0.25, 0.3) is 11.8 Å². The number of fused-ring (bicyclic) bond motifs is 1. The molecule has 2 rings (SSSR count). The molecule has 0 aliphatic carbocycles. The average Bonchev–Trinajstić information content (AvgIpc) is 2.53. The molecule has 19 heavy (non-hydrogen) atoms. The van der Waals surface area contributed by atoms with Gasteiger partial charge in [-0.3, -0.25) is 14.5 Å². The summed E-state index contributed by atoms with van der Waals surface area (Å²) < 4.78 is 0. The molecule has 5 heteroatoms. The lowest BCUT2D eigenvalue weighted by atomic mass is 9.85. The lowest BCUT2D eigenvalue weighted by Crippen LogP contribution is -2.51. The smallest absolute Gasteiger partial charge is 0.327 e. The van der Waals surface area contributed by atoms with Crippen LogP contribution in [0.5, 0.6) is 0 Å². The van der Waals surface area contributed by atoms with E-state index < -0.39 is 29.2 Å². The predicted octanol–water partition coefficient (Wildman–Crippen LogP) is 1.78. The fraction of sp³-hybridized carbons (Fsp3) is 0.357. The van der Waals surface area contributed by atoms with Gasteiger partial charge in [0.2, 0.25) is 0 Å². The summed E-state index contributed by atoms with van der Waals surface area (Å²) in [4.78, 5) is 36.8. The van der Waals surface area contributed by atoms with Gasteiger partial charge < -0.3 is 5.11 Å². The maximum atomic E-state index is 12.2. The molecule has 0 bridgehead atoms. The monoisotopic (exact) mass is 261 g/mol. The number of carbonyl (C=O) groups is 3. The van der Waals surface area contributed by atoms with Gasteiger partial charge >= 0.3 is 5.97 Å². The number of hydrogen-bond acceptors (Lipinski definition) is 3. The Kier molecular flexibility index (Phi) is 2.92. The summed E-state index contributed by atoms with van der Waals surface area (Å²) in [7, 11) is 0. The van der Waals surface area contributed by atoms with Gasteiger partial charge in [-0.25, -0.2) is 4.79 Å². The van der Waals surface area contributed by atoms with Gasteiger partial charge in [-0.15, -0.1) is 0 Å². The van der Waals surface area contributed by atoms with Crippen LogP contribution >= 0.6 is 0 Å². The molecule has 100 valence electrons. The second-order valence-electron chi connectivity index (χ2n) is 5.63. The zero-order valence-corrected chi connectivity index (χ0v) is 11.0. The normalized spacial score (nSPS) is 16.5. The second kappa shape index (κ2) is 4.19. The van der Waals surface area contributed by atoms with Gasteiger partial charge in [-0.05, 0) is 17.5 Å². The number of rotatable bonds is 2. The largest absolute Gasteiger partial charge is 0.480 e. The number of carboxylic acids is 1. The summed E-state index contributed by atoms with van der Waals surface area (Å²) in [6.45, 7) is 5.07. The van der Waals surface area contributed by atoms with E-state index in [4.69, 9.17) is 0 Å². The first-order valence-corrected chi connectivity index (χ1v) is 5.95. The van der Waals surface area contributed by atoms with Crippen LogP contribution in [0.15, 0.2) is 24.3 Å². The van der Waals surface area contributed by atoms with Crippen LogP contribution in [-0.4, -0.2) is 33.8 Å². The van der Waals surface area contributed by atoms with Gasteiger partial charge in [0, 0.05) is 0 Å². The van der Waals surface area contributed by atoms with E-state index in [-0.39, 0.29) is 11.1 Å². The Morgan fingerprint density at radius 1 is 1.11 bits per heavy atom. The Labute approximate surface area is 110 Å². The van der Waals surface area contributed by atoms with Crippen molar-refractivity contribution in [3.8, 4) is 0 Å². The van der Waals surface area contributed by atoms with Crippen LogP contribution in [0.2, 0.25) is 0 Å². The van der Waals surface area contributed by atoms with Crippen molar-refractivity contribution in [2.24, 2.45) is 5.41 Å². The van der Waals surface area contributed by atoms with Crippen molar-refractivity contribution >= 4 is 17.8 Å². The maximum absolute atomic E-state index is 12.2. The molecule has 0 saturated carbocycles. The number of aliphatic carboxylic acids is 1. The topological polar surface area (TPSA) is 74.7 Å². The van der Waals surface area contributed by atoms with Crippen molar-refractivity contribution in [1.29, 1.82) is 0 Å². The van der Waals surface area contributed by atoms with Crippen LogP contribution in [-0.2, 0) is 4.79 Å². The molecule has 0 spiro atoms. The van der Waals surface area contributed by atoms with Crippen molar-refractivity contribution in [3.63, 3.8) is 0 Å². The number of amides is 2. The average molecular weight is 261 g/mol. The molecule has 0 unspecified atom stereocenters. The van der Waals surface area contributed by atoms with Crippen LogP contribution in [0, 0.1) is 5.41 Å². The summed E-state index contributed by atoms with van der Waals surface area (Å²) in [6, 6.07) is 5.20. The minimum Gasteiger partial charge on any atom is -0.480 e.